The first kappa shape index (κ1) is 109. The maximum atomic E-state index is 13.2. The smallest absolute Gasteiger partial charge is 0.462 e. The molecular formula is C92H180O17P2. The van der Waals surface area contributed by atoms with Gasteiger partial charge in [0, 0.05) is 25.7 Å². The van der Waals surface area contributed by atoms with Crippen molar-refractivity contribution >= 4 is 39.5 Å². The van der Waals surface area contributed by atoms with E-state index in [1.165, 1.54) is 283 Å². The van der Waals surface area contributed by atoms with E-state index in [4.69, 9.17) is 37.0 Å². The molecule has 0 fully saturated rings. The lowest BCUT2D eigenvalue weighted by molar-refractivity contribution is -0.161. The third-order valence-electron chi connectivity index (χ3n) is 22.7. The minimum absolute atomic E-state index is 0.107. The Morgan fingerprint density at radius 1 is 0.252 bits per heavy atom. The number of rotatable bonds is 89. The molecule has 0 aliphatic carbocycles. The fraction of sp³-hybridized carbons (Fsp3) is 0.957. The summed E-state index contributed by atoms with van der Waals surface area (Å²) in [4.78, 5) is 73.4. The topological polar surface area (TPSA) is 237 Å². The van der Waals surface area contributed by atoms with E-state index < -0.39 is 97.5 Å². The van der Waals surface area contributed by atoms with E-state index in [1.54, 1.807) is 0 Å². The van der Waals surface area contributed by atoms with Gasteiger partial charge in [-0.3, -0.25) is 37.3 Å². The van der Waals surface area contributed by atoms with Gasteiger partial charge in [0.1, 0.15) is 19.3 Å². The fourth-order valence-electron chi connectivity index (χ4n) is 14.3. The number of esters is 4. The Morgan fingerprint density at radius 2 is 0.432 bits per heavy atom. The van der Waals surface area contributed by atoms with Crippen molar-refractivity contribution in [2.24, 2.45) is 23.7 Å². The molecule has 0 bridgehead atoms. The van der Waals surface area contributed by atoms with Crippen LogP contribution in [0.3, 0.4) is 0 Å². The van der Waals surface area contributed by atoms with Gasteiger partial charge in [-0.1, -0.05) is 434 Å². The second-order valence-electron chi connectivity index (χ2n) is 34.3. The van der Waals surface area contributed by atoms with Gasteiger partial charge in [-0.15, -0.1) is 0 Å². The molecule has 0 radical (unpaired) electrons. The number of hydrogen-bond donors (Lipinski definition) is 3. The highest BCUT2D eigenvalue weighted by Crippen LogP contribution is 2.45. The van der Waals surface area contributed by atoms with Crippen LogP contribution in [-0.2, 0) is 65.4 Å². The van der Waals surface area contributed by atoms with Crippen LogP contribution in [0.1, 0.15) is 486 Å². The third-order valence-corrected chi connectivity index (χ3v) is 24.6. The van der Waals surface area contributed by atoms with Gasteiger partial charge in [-0.25, -0.2) is 9.13 Å². The first-order valence-electron chi connectivity index (χ1n) is 47.3. The SMILES string of the molecule is CCC(C)CCCCCCCCCCCCCCCCCCCCC(=O)O[C@H](COC(=O)CCCCCCCCCCCCCCCCC(C)CC)COP(=O)(O)OC[C@@H](O)COP(=O)(O)OC[C@@H](COC(=O)CCCCCCCCC(C)C)OC(=O)CCCCCCCCCCCCCCCCCCCCC(C)CC. The van der Waals surface area contributed by atoms with E-state index in [-0.39, 0.29) is 25.7 Å². The summed E-state index contributed by atoms with van der Waals surface area (Å²) in [6, 6.07) is 0. The van der Waals surface area contributed by atoms with E-state index in [2.05, 4.69) is 55.4 Å². The Bertz CT molecular complexity index is 2150. The molecule has 19 heteroatoms. The maximum absolute atomic E-state index is 13.2. The fourth-order valence-corrected chi connectivity index (χ4v) is 15.9. The Hall–Kier alpha value is -1.94. The van der Waals surface area contributed by atoms with Crippen molar-refractivity contribution in [3.63, 3.8) is 0 Å². The van der Waals surface area contributed by atoms with Crippen LogP contribution in [0, 0.1) is 23.7 Å². The number of unbranched alkanes of at least 4 members (excludes halogenated alkanes) is 52. The number of aliphatic hydroxyl groups excluding tert-OH is 1. The summed E-state index contributed by atoms with van der Waals surface area (Å²) in [6.45, 7) is 14.4. The Labute approximate surface area is 683 Å². The summed E-state index contributed by atoms with van der Waals surface area (Å²) >= 11 is 0. The van der Waals surface area contributed by atoms with Gasteiger partial charge in [-0.05, 0) is 49.4 Å². The first-order valence-corrected chi connectivity index (χ1v) is 50.3. The van der Waals surface area contributed by atoms with Crippen molar-refractivity contribution in [1.29, 1.82) is 0 Å². The van der Waals surface area contributed by atoms with E-state index in [9.17, 15) is 43.2 Å². The zero-order chi connectivity index (χ0) is 81.6. The zero-order valence-electron chi connectivity index (χ0n) is 73.6. The highest BCUT2D eigenvalue weighted by molar-refractivity contribution is 7.47. The van der Waals surface area contributed by atoms with Crippen LogP contribution in [0.2, 0.25) is 0 Å². The van der Waals surface area contributed by atoms with Gasteiger partial charge in [-0.2, -0.15) is 0 Å². The lowest BCUT2D eigenvalue weighted by Crippen LogP contribution is -2.30. The second-order valence-corrected chi connectivity index (χ2v) is 37.2. The molecule has 3 N–H and O–H groups in total. The molecule has 0 rings (SSSR count). The predicted molar refractivity (Wildman–Crippen MR) is 460 cm³/mol. The van der Waals surface area contributed by atoms with Crippen LogP contribution < -0.4 is 0 Å². The lowest BCUT2D eigenvalue weighted by Gasteiger charge is -2.21. The molecule has 0 saturated carbocycles. The molecule has 0 spiro atoms. The zero-order valence-corrected chi connectivity index (χ0v) is 75.4. The summed E-state index contributed by atoms with van der Waals surface area (Å²) in [5, 5.41) is 10.7. The Morgan fingerprint density at radius 3 is 0.640 bits per heavy atom. The van der Waals surface area contributed by atoms with Crippen molar-refractivity contribution in [1.82, 2.24) is 0 Å². The van der Waals surface area contributed by atoms with Gasteiger partial charge in [0.15, 0.2) is 12.2 Å². The van der Waals surface area contributed by atoms with Gasteiger partial charge in [0.2, 0.25) is 0 Å². The molecule has 0 aromatic rings. The maximum Gasteiger partial charge on any atom is 0.472 e. The molecule has 660 valence electrons. The molecule has 0 aliphatic rings. The van der Waals surface area contributed by atoms with E-state index in [0.29, 0.717) is 31.6 Å². The average Bonchev–Trinajstić information content (AvgIpc) is 0.899. The Kier molecular flexibility index (Phi) is 79.1. The van der Waals surface area contributed by atoms with E-state index in [0.717, 1.165) is 114 Å². The van der Waals surface area contributed by atoms with Gasteiger partial charge < -0.3 is 33.8 Å². The summed E-state index contributed by atoms with van der Waals surface area (Å²) in [5.41, 5.74) is 0. The number of hydrogen-bond acceptors (Lipinski definition) is 15. The molecule has 17 nitrogen and oxygen atoms in total. The molecule has 0 aromatic carbocycles. The molecule has 111 heavy (non-hydrogen) atoms. The largest absolute Gasteiger partial charge is 0.472 e. The number of phosphoric ester groups is 2. The monoisotopic (exact) mass is 1620 g/mol. The summed E-state index contributed by atoms with van der Waals surface area (Å²) < 4.78 is 69.0. The molecule has 0 saturated heterocycles. The van der Waals surface area contributed by atoms with E-state index in [1.807, 2.05) is 0 Å². The number of carbonyl (C=O) groups is 4. The first-order chi connectivity index (χ1) is 53.7. The summed E-state index contributed by atoms with van der Waals surface area (Å²) in [7, 11) is -9.94. The van der Waals surface area contributed by atoms with Gasteiger partial charge in [0.05, 0.1) is 26.4 Å². The van der Waals surface area contributed by atoms with Crippen LogP contribution >= 0.6 is 15.6 Å². The molecule has 0 amide bonds. The molecule has 0 heterocycles. The van der Waals surface area contributed by atoms with E-state index >= 15 is 0 Å². The van der Waals surface area contributed by atoms with Crippen molar-refractivity contribution < 1.29 is 80.2 Å². The predicted octanol–water partition coefficient (Wildman–Crippen LogP) is 28.3. The Balaban J connectivity index is 5.19. The van der Waals surface area contributed by atoms with Crippen molar-refractivity contribution in [3.05, 3.63) is 0 Å². The van der Waals surface area contributed by atoms with Crippen molar-refractivity contribution in [3.8, 4) is 0 Å². The summed E-state index contributed by atoms with van der Waals surface area (Å²) in [6.07, 6.45) is 72.4. The summed E-state index contributed by atoms with van der Waals surface area (Å²) in [5.74, 6) is 1.17. The highest BCUT2D eigenvalue weighted by atomic mass is 31.2. The third kappa shape index (κ3) is 81.6. The van der Waals surface area contributed by atoms with Crippen LogP contribution in [-0.4, -0.2) is 96.7 Å². The second kappa shape index (κ2) is 80.5. The molecule has 8 atom stereocenters. The minimum Gasteiger partial charge on any atom is -0.462 e. The number of aliphatic hydroxyl groups is 1. The van der Waals surface area contributed by atoms with Crippen molar-refractivity contribution in [2.75, 3.05) is 39.6 Å². The minimum atomic E-state index is -4.97. The van der Waals surface area contributed by atoms with Crippen LogP contribution in [0.25, 0.3) is 0 Å². The normalized spacial score (nSPS) is 14.6. The molecule has 0 aliphatic heterocycles. The molecular weight excluding hydrogens is 1440 g/mol. The molecule has 5 unspecified atom stereocenters. The number of carbonyl (C=O) groups excluding carboxylic acids is 4. The molecule has 0 aromatic heterocycles. The number of phosphoric acid groups is 2. The standard InChI is InChI=1S/C92H180O17P2/c1-9-83(6)69-61-53-44-38-32-26-20-16-12-14-18-22-30-36-42-48-58-66-74-91(96)108-87(78-102-89(94)72-64-56-47-41-35-29-25-24-28-34-40-46-55-63-71-85(8)11-3)80-106-110(98,99)104-76-86(93)77-105-111(100,101)107-81-88(79-103-90(95)73-65-57-51-50-52-60-68-82(4)5)109-92(97)75-67-59-49-43-37-31-23-19-15-13-17-21-27-33-39-45-54-62-70-84(7)10-2/h82-88,93H,9-81H2,1-8H3,(H,98,99)(H,100,101)/t83?,84?,85?,86-,87-,88-/m1/s1. The lowest BCUT2D eigenvalue weighted by atomic mass is 9.99. The van der Waals surface area contributed by atoms with Gasteiger partial charge >= 0.3 is 39.5 Å². The van der Waals surface area contributed by atoms with Crippen LogP contribution in [0.15, 0.2) is 0 Å². The highest BCUT2D eigenvalue weighted by Gasteiger charge is 2.31. The van der Waals surface area contributed by atoms with Gasteiger partial charge in [0.25, 0.3) is 0 Å². The quantitative estimate of drug-likeness (QED) is 0.0222. The number of ether oxygens (including phenoxy) is 4. The average molecular weight is 1620 g/mol. The van der Waals surface area contributed by atoms with Crippen LogP contribution in [0.5, 0.6) is 0 Å². The van der Waals surface area contributed by atoms with Crippen LogP contribution in [0.4, 0.5) is 0 Å². The van der Waals surface area contributed by atoms with Crippen molar-refractivity contribution in [2.45, 2.75) is 504 Å².